The van der Waals surface area contributed by atoms with Gasteiger partial charge in [0.2, 0.25) is 11.8 Å². The molecule has 7 nitrogen and oxygen atoms in total. The summed E-state index contributed by atoms with van der Waals surface area (Å²) in [5.74, 6) is 3.13. The van der Waals surface area contributed by atoms with Crippen molar-refractivity contribution in [1.29, 1.82) is 0 Å². The lowest BCUT2D eigenvalue weighted by molar-refractivity contribution is 0.290. The third-order valence-corrected chi connectivity index (χ3v) is 4.85. The summed E-state index contributed by atoms with van der Waals surface area (Å²) < 4.78 is 13.4. The molecule has 4 aromatic rings. The first kappa shape index (κ1) is 17.3. The number of nitrogens with zero attached hydrogens (tertiary/aromatic N) is 5. The Hall–Kier alpha value is -3.13. The van der Waals surface area contributed by atoms with Crippen LogP contribution in [-0.2, 0) is 19.4 Å². The molecule has 0 aliphatic heterocycles. The minimum Gasteiger partial charge on any atom is -0.486 e. The minimum absolute atomic E-state index is 0.354. The summed E-state index contributed by atoms with van der Waals surface area (Å²) in [5.41, 5.74) is 0.903. The van der Waals surface area contributed by atoms with Crippen LogP contribution in [0.5, 0.6) is 5.75 Å². The van der Waals surface area contributed by atoms with Crippen molar-refractivity contribution in [3.8, 4) is 17.2 Å². The van der Waals surface area contributed by atoms with E-state index in [-0.39, 0.29) is 0 Å². The van der Waals surface area contributed by atoms with Gasteiger partial charge in [0.05, 0.1) is 5.75 Å². The first-order valence-electron chi connectivity index (χ1n) is 8.36. The number of hydrogen-bond acceptors (Lipinski definition) is 7. The molecule has 0 aliphatic rings. The molecular weight excluding hydrogens is 362 g/mol. The molecule has 0 saturated carbocycles. The van der Waals surface area contributed by atoms with Gasteiger partial charge in [-0.1, -0.05) is 48.2 Å². The largest absolute Gasteiger partial charge is 0.486 e. The summed E-state index contributed by atoms with van der Waals surface area (Å²) in [6.07, 6.45) is 0. The highest BCUT2D eigenvalue weighted by atomic mass is 32.2. The normalized spacial score (nSPS) is 10.9. The second-order valence-corrected chi connectivity index (χ2v) is 6.66. The molecule has 0 N–H and O–H groups in total. The van der Waals surface area contributed by atoms with Crippen molar-refractivity contribution >= 4 is 11.8 Å². The second kappa shape index (κ2) is 8.05. The molecule has 8 heteroatoms. The van der Waals surface area contributed by atoms with Crippen LogP contribution in [-0.4, -0.2) is 25.0 Å². The van der Waals surface area contributed by atoms with Gasteiger partial charge in [-0.2, -0.15) is 0 Å². The lowest BCUT2D eigenvalue weighted by Gasteiger charge is -2.05. The number of thioether (sulfide) groups is 1. The fourth-order valence-electron chi connectivity index (χ4n) is 2.40. The molecule has 2 heterocycles. The molecule has 0 bridgehead atoms. The summed E-state index contributed by atoms with van der Waals surface area (Å²) in [4.78, 5) is 0. The van der Waals surface area contributed by atoms with Crippen LogP contribution in [0.15, 0.2) is 70.2 Å². The standard InChI is InChI=1S/C19H17N5O2S/c1-24-16(12-25-15-10-6-3-7-11-15)20-23-19(24)27-13-17-21-22-18(26-17)14-8-4-2-5-9-14/h2-11H,12-13H2,1H3. The number of rotatable bonds is 7. The van der Waals surface area contributed by atoms with Crippen LogP contribution in [0.3, 0.4) is 0 Å². The zero-order valence-electron chi connectivity index (χ0n) is 14.6. The maximum absolute atomic E-state index is 5.73. The summed E-state index contributed by atoms with van der Waals surface area (Å²) in [7, 11) is 1.91. The SMILES string of the molecule is Cn1c(COc2ccccc2)nnc1SCc1nnc(-c2ccccc2)o1. The van der Waals surface area contributed by atoms with Crippen LogP contribution in [0.25, 0.3) is 11.5 Å². The van der Waals surface area contributed by atoms with Crippen LogP contribution in [0.1, 0.15) is 11.7 Å². The Morgan fingerprint density at radius 2 is 1.67 bits per heavy atom. The van der Waals surface area contributed by atoms with Crippen molar-refractivity contribution in [2.75, 3.05) is 0 Å². The maximum atomic E-state index is 5.73. The van der Waals surface area contributed by atoms with E-state index in [1.54, 1.807) is 0 Å². The Bertz CT molecular complexity index is 1000. The van der Waals surface area contributed by atoms with E-state index in [0.717, 1.165) is 22.3 Å². The molecule has 0 fully saturated rings. The molecule has 0 radical (unpaired) electrons. The van der Waals surface area contributed by atoms with Gasteiger partial charge in [0.1, 0.15) is 12.4 Å². The topological polar surface area (TPSA) is 78.9 Å². The number of benzene rings is 2. The molecule has 2 aromatic carbocycles. The van der Waals surface area contributed by atoms with Gasteiger partial charge in [0, 0.05) is 12.6 Å². The number of para-hydroxylation sites is 1. The highest BCUT2D eigenvalue weighted by Crippen LogP contribution is 2.23. The molecule has 0 atom stereocenters. The highest BCUT2D eigenvalue weighted by Gasteiger charge is 2.13. The Morgan fingerprint density at radius 1 is 0.926 bits per heavy atom. The zero-order valence-corrected chi connectivity index (χ0v) is 15.5. The predicted octanol–water partition coefficient (Wildman–Crippen LogP) is 3.74. The number of ether oxygens (including phenoxy) is 1. The van der Waals surface area contributed by atoms with Crippen LogP contribution < -0.4 is 4.74 Å². The smallest absolute Gasteiger partial charge is 0.247 e. The third kappa shape index (κ3) is 4.17. The molecule has 2 aromatic heterocycles. The zero-order chi connectivity index (χ0) is 18.5. The van der Waals surface area contributed by atoms with Crippen molar-refractivity contribution in [3.63, 3.8) is 0 Å². The van der Waals surface area contributed by atoms with Gasteiger partial charge in [0.15, 0.2) is 11.0 Å². The van der Waals surface area contributed by atoms with Gasteiger partial charge < -0.3 is 13.7 Å². The number of aromatic nitrogens is 5. The predicted molar refractivity (Wildman–Crippen MR) is 101 cm³/mol. The molecule has 0 aliphatic carbocycles. The van der Waals surface area contributed by atoms with Gasteiger partial charge in [-0.15, -0.1) is 20.4 Å². The van der Waals surface area contributed by atoms with Crippen molar-refractivity contribution in [2.45, 2.75) is 17.5 Å². The summed E-state index contributed by atoms with van der Waals surface area (Å²) in [5, 5.41) is 17.4. The molecule has 0 spiro atoms. The average molecular weight is 379 g/mol. The average Bonchev–Trinajstić information content (AvgIpc) is 3.33. The summed E-state index contributed by atoms with van der Waals surface area (Å²) in [6, 6.07) is 19.3. The van der Waals surface area contributed by atoms with E-state index in [1.165, 1.54) is 11.8 Å². The van der Waals surface area contributed by atoms with Crippen molar-refractivity contribution < 1.29 is 9.15 Å². The third-order valence-electron chi connectivity index (χ3n) is 3.85. The lowest BCUT2D eigenvalue weighted by atomic mass is 10.2. The van der Waals surface area contributed by atoms with E-state index in [0.29, 0.717) is 24.1 Å². The van der Waals surface area contributed by atoms with Crippen molar-refractivity contribution in [1.82, 2.24) is 25.0 Å². The van der Waals surface area contributed by atoms with Crippen molar-refractivity contribution in [3.05, 3.63) is 72.4 Å². The Morgan fingerprint density at radius 3 is 2.44 bits per heavy atom. The molecule has 0 unspecified atom stereocenters. The van der Waals surface area contributed by atoms with Gasteiger partial charge in [-0.25, -0.2) is 0 Å². The van der Waals surface area contributed by atoms with Gasteiger partial charge in [-0.3, -0.25) is 0 Å². The highest BCUT2D eigenvalue weighted by molar-refractivity contribution is 7.98. The Balaban J connectivity index is 1.36. The van der Waals surface area contributed by atoms with E-state index in [1.807, 2.05) is 72.3 Å². The maximum Gasteiger partial charge on any atom is 0.247 e. The lowest BCUT2D eigenvalue weighted by Crippen LogP contribution is -2.04. The van der Waals surface area contributed by atoms with E-state index in [9.17, 15) is 0 Å². The summed E-state index contributed by atoms with van der Waals surface area (Å²) >= 11 is 1.49. The van der Waals surface area contributed by atoms with E-state index in [4.69, 9.17) is 9.15 Å². The monoisotopic (exact) mass is 379 g/mol. The van der Waals surface area contributed by atoms with E-state index in [2.05, 4.69) is 20.4 Å². The van der Waals surface area contributed by atoms with Gasteiger partial charge >= 0.3 is 0 Å². The molecule has 136 valence electrons. The van der Waals surface area contributed by atoms with Gasteiger partial charge in [-0.05, 0) is 24.3 Å². The van der Waals surface area contributed by atoms with Crippen LogP contribution in [0.4, 0.5) is 0 Å². The first-order valence-corrected chi connectivity index (χ1v) is 9.35. The van der Waals surface area contributed by atoms with E-state index >= 15 is 0 Å². The first-order chi connectivity index (χ1) is 13.3. The van der Waals surface area contributed by atoms with Crippen LogP contribution >= 0.6 is 11.8 Å². The quantitative estimate of drug-likeness (QED) is 0.453. The second-order valence-electron chi connectivity index (χ2n) is 5.72. The summed E-state index contributed by atoms with van der Waals surface area (Å²) in [6.45, 7) is 0.354. The molecule has 0 saturated heterocycles. The molecular formula is C19H17N5O2S. The van der Waals surface area contributed by atoms with Crippen LogP contribution in [0, 0.1) is 0 Å². The Kier molecular flexibility index (Phi) is 5.15. The van der Waals surface area contributed by atoms with E-state index < -0.39 is 0 Å². The fourth-order valence-corrected chi connectivity index (χ4v) is 3.16. The van der Waals surface area contributed by atoms with Crippen molar-refractivity contribution in [2.24, 2.45) is 7.05 Å². The van der Waals surface area contributed by atoms with Crippen LogP contribution in [0.2, 0.25) is 0 Å². The Labute approximate surface area is 160 Å². The number of hydrogen-bond donors (Lipinski definition) is 0. The fraction of sp³-hybridized carbons (Fsp3) is 0.158. The molecule has 27 heavy (non-hydrogen) atoms. The molecule has 4 rings (SSSR count). The molecule has 0 amide bonds. The minimum atomic E-state index is 0.354. The van der Waals surface area contributed by atoms with Gasteiger partial charge in [0.25, 0.3) is 0 Å².